The third-order valence-electron chi connectivity index (χ3n) is 10.3. The molecule has 308 valence electrons. The molecular formula is C43H51N5O8S2. The summed E-state index contributed by atoms with van der Waals surface area (Å²) in [6, 6.07) is 17.6. The first-order chi connectivity index (χ1) is 27.2. The number of hydrogen-bond donors (Lipinski definition) is 3. The molecule has 4 aromatic rings. The zero-order valence-electron chi connectivity index (χ0n) is 33.8. The Morgan fingerprint density at radius 3 is 2.36 bits per heavy atom. The summed E-state index contributed by atoms with van der Waals surface area (Å²) in [5, 5.41) is 8.03. The van der Waals surface area contributed by atoms with Gasteiger partial charge in [0.2, 0.25) is 17.7 Å². The highest BCUT2D eigenvalue weighted by molar-refractivity contribution is 7.92. The molecule has 4 amide bonds. The maximum Gasteiger partial charge on any atom is 0.273 e. The van der Waals surface area contributed by atoms with Gasteiger partial charge in [-0.25, -0.2) is 18.1 Å². The summed E-state index contributed by atoms with van der Waals surface area (Å²) in [6.45, 7) is 15.1. The van der Waals surface area contributed by atoms with E-state index in [2.05, 4.69) is 21.9 Å². The number of rotatable bonds is 13. The van der Waals surface area contributed by atoms with Gasteiger partial charge < -0.3 is 25.0 Å². The van der Waals surface area contributed by atoms with Crippen molar-refractivity contribution in [1.29, 1.82) is 0 Å². The Kier molecular flexibility index (Phi) is 11.8. The number of nitrogens with zero attached hydrogens (tertiary/aromatic N) is 2. The molecule has 1 unspecified atom stereocenters. The lowest BCUT2D eigenvalue weighted by Crippen LogP contribution is -2.60. The fourth-order valence-corrected chi connectivity index (χ4v) is 9.27. The largest absolute Gasteiger partial charge is 0.497 e. The van der Waals surface area contributed by atoms with Crippen LogP contribution in [-0.4, -0.2) is 79.3 Å². The highest BCUT2D eigenvalue weighted by atomic mass is 32.2. The van der Waals surface area contributed by atoms with Crippen molar-refractivity contribution in [3.63, 3.8) is 0 Å². The molecule has 0 radical (unpaired) electrons. The van der Waals surface area contributed by atoms with Crippen molar-refractivity contribution >= 4 is 55.9 Å². The Morgan fingerprint density at radius 1 is 1.03 bits per heavy atom. The lowest BCUT2D eigenvalue weighted by atomic mass is 9.84. The molecule has 58 heavy (non-hydrogen) atoms. The van der Waals surface area contributed by atoms with E-state index in [1.165, 1.54) is 17.0 Å². The first-order valence-electron chi connectivity index (χ1n) is 19.1. The second kappa shape index (κ2) is 16.2. The molecule has 1 aliphatic carbocycles. The van der Waals surface area contributed by atoms with Crippen LogP contribution in [-0.2, 0) is 29.2 Å². The molecule has 2 aliphatic rings. The number of pyridine rings is 1. The molecular weight excluding hydrogens is 779 g/mol. The summed E-state index contributed by atoms with van der Waals surface area (Å²) in [7, 11) is -2.65. The van der Waals surface area contributed by atoms with Gasteiger partial charge in [-0.1, -0.05) is 84.0 Å². The van der Waals surface area contributed by atoms with Crippen LogP contribution in [0.2, 0.25) is 0 Å². The number of sulfonamides is 1. The number of aromatic nitrogens is 1. The topological polar surface area (TPSA) is 173 Å². The smallest absolute Gasteiger partial charge is 0.273 e. The average Bonchev–Trinajstić information content (AvgIpc) is 3.44. The van der Waals surface area contributed by atoms with Crippen molar-refractivity contribution in [3.05, 3.63) is 84.8 Å². The third kappa shape index (κ3) is 9.20. The molecule has 3 heterocycles. The summed E-state index contributed by atoms with van der Waals surface area (Å²) >= 11 is 0.953. The molecule has 2 fully saturated rings. The van der Waals surface area contributed by atoms with Gasteiger partial charge in [0.1, 0.15) is 39.4 Å². The molecule has 0 bridgehead atoms. The first-order valence-corrected chi connectivity index (χ1v) is 21.5. The average molecular weight is 830 g/mol. The van der Waals surface area contributed by atoms with Crippen molar-refractivity contribution in [3.8, 4) is 22.8 Å². The number of ether oxygens (including phenoxy) is 2. The van der Waals surface area contributed by atoms with E-state index < -0.39 is 62.8 Å². The number of amides is 4. The van der Waals surface area contributed by atoms with E-state index in [-0.39, 0.29) is 41.3 Å². The van der Waals surface area contributed by atoms with Gasteiger partial charge in [0, 0.05) is 41.8 Å². The van der Waals surface area contributed by atoms with Gasteiger partial charge >= 0.3 is 0 Å². The van der Waals surface area contributed by atoms with Crippen LogP contribution in [0.25, 0.3) is 22.2 Å². The molecule has 1 aliphatic heterocycles. The Morgan fingerprint density at radius 2 is 1.76 bits per heavy atom. The summed E-state index contributed by atoms with van der Waals surface area (Å²) < 4.78 is 40.5. The number of carbonyl (C=O) groups excluding carboxylic acids is 4. The standard InChI is InChI=1S/C43H51N5O8S2/c1-9-27-23-43(27,40(52)47-58(53,54)36-16-13-19-57-36)46-38(50)33-21-29(25-48(33)39(51)37(42(5,6)7)45-35(49)24-41(2,3)4)56-34-22-31(26-14-11-10-12-15-26)44-32-20-28(55-8)17-18-30(32)34/h9-20,22,27,29,33,37H,1,21,23-25H2,2-8H3,(H,45,49)(H,46,50)(H,47,52)/t27?,29-,33+,37-,43-/m1/s1. The Hall–Kier alpha value is -5.28. The van der Waals surface area contributed by atoms with Crippen LogP contribution in [0.5, 0.6) is 11.5 Å². The van der Waals surface area contributed by atoms with E-state index in [0.29, 0.717) is 28.1 Å². The molecule has 13 nitrogen and oxygen atoms in total. The van der Waals surface area contributed by atoms with Crippen LogP contribution in [0.3, 0.4) is 0 Å². The fourth-order valence-electron chi connectivity index (χ4n) is 7.24. The zero-order chi connectivity index (χ0) is 42.2. The zero-order valence-corrected chi connectivity index (χ0v) is 35.5. The number of methoxy groups -OCH3 is 1. The van der Waals surface area contributed by atoms with E-state index >= 15 is 0 Å². The number of benzene rings is 2. The summed E-state index contributed by atoms with van der Waals surface area (Å²) in [5.74, 6) is -1.87. The van der Waals surface area contributed by atoms with E-state index in [4.69, 9.17) is 14.5 Å². The van der Waals surface area contributed by atoms with Gasteiger partial charge in [-0.3, -0.25) is 19.2 Å². The molecule has 6 rings (SSSR count). The maximum atomic E-state index is 14.8. The van der Waals surface area contributed by atoms with Crippen LogP contribution >= 0.6 is 11.3 Å². The molecule has 3 N–H and O–H groups in total. The number of hydrogen-bond acceptors (Lipinski definition) is 10. The van der Waals surface area contributed by atoms with Crippen molar-refractivity contribution in [2.75, 3.05) is 13.7 Å². The lowest BCUT2D eigenvalue weighted by Gasteiger charge is -2.36. The van der Waals surface area contributed by atoms with Gasteiger partial charge in [0.15, 0.2) is 0 Å². The van der Waals surface area contributed by atoms with Crippen LogP contribution in [0.1, 0.15) is 60.8 Å². The first kappa shape index (κ1) is 42.3. The van der Waals surface area contributed by atoms with Gasteiger partial charge in [-0.05, 0) is 40.8 Å². The van der Waals surface area contributed by atoms with Crippen molar-refractivity contribution in [1.82, 2.24) is 25.2 Å². The molecule has 1 saturated carbocycles. The normalized spacial score (nSPS) is 21.2. The second-order valence-electron chi connectivity index (χ2n) is 17.2. The highest BCUT2D eigenvalue weighted by Gasteiger charge is 2.61. The Balaban J connectivity index is 1.35. The van der Waals surface area contributed by atoms with E-state index in [1.807, 2.05) is 84.0 Å². The van der Waals surface area contributed by atoms with Crippen molar-refractivity contribution in [2.45, 2.75) is 88.7 Å². The van der Waals surface area contributed by atoms with Crippen molar-refractivity contribution in [2.24, 2.45) is 16.7 Å². The predicted molar refractivity (Wildman–Crippen MR) is 223 cm³/mol. The minimum Gasteiger partial charge on any atom is -0.497 e. The fraction of sp³-hybridized carbons (Fsp3) is 0.419. The van der Waals surface area contributed by atoms with Gasteiger partial charge in [-0.15, -0.1) is 17.9 Å². The quantitative estimate of drug-likeness (QED) is 0.140. The minimum absolute atomic E-state index is 0.0228. The van der Waals surface area contributed by atoms with E-state index in [9.17, 15) is 27.6 Å². The summed E-state index contributed by atoms with van der Waals surface area (Å²) in [5.41, 5.74) is -0.634. The van der Waals surface area contributed by atoms with Crippen LogP contribution in [0, 0.1) is 16.7 Å². The van der Waals surface area contributed by atoms with E-state index in [1.54, 1.807) is 30.7 Å². The molecule has 1 saturated heterocycles. The molecule has 0 spiro atoms. The van der Waals surface area contributed by atoms with Crippen LogP contribution in [0.4, 0.5) is 0 Å². The molecule has 2 aromatic heterocycles. The van der Waals surface area contributed by atoms with E-state index in [0.717, 1.165) is 16.9 Å². The second-order valence-corrected chi connectivity index (χ2v) is 20.1. The minimum atomic E-state index is -4.22. The summed E-state index contributed by atoms with van der Waals surface area (Å²) in [4.78, 5) is 62.7. The predicted octanol–water partition coefficient (Wildman–Crippen LogP) is 5.85. The van der Waals surface area contributed by atoms with Crippen LogP contribution < -0.4 is 24.8 Å². The maximum absolute atomic E-state index is 14.8. The van der Waals surface area contributed by atoms with Crippen molar-refractivity contribution < 1.29 is 37.1 Å². The van der Waals surface area contributed by atoms with Gasteiger partial charge in [-0.2, -0.15) is 0 Å². The molecule has 5 atom stereocenters. The summed E-state index contributed by atoms with van der Waals surface area (Å²) in [6.07, 6.45) is 1.07. The molecule has 2 aromatic carbocycles. The number of likely N-dealkylation sites (tertiary alicyclic amines) is 1. The number of fused-ring (bicyclic) bond motifs is 1. The monoisotopic (exact) mass is 829 g/mol. The molecule has 15 heteroatoms. The number of thiophene rings is 1. The SMILES string of the molecule is C=CC1C[C@]1(NC(=O)[C@@H]1C[C@@H](Oc2cc(-c3ccccc3)nc3cc(OC)ccc23)CN1C(=O)[C@@H](NC(=O)CC(C)(C)C)C(C)(C)C)C(=O)NS(=O)(=O)c1cccs1. The Bertz CT molecular complexity index is 2320. The van der Waals surface area contributed by atoms with Crippen LogP contribution in [0.15, 0.2) is 89.0 Å². The third-order valence-corrected chi connectivity index (χ3v) is 13.1. The lowest BCUT2D eigenvalue weighted by molar-refractivity contribution is -0.144. The highest BCUT2D eigenvalue weighted by Crippen LogP contribution is 2.45. The van der Waals surface area contributed by atoms with Gasteiger partial charge in [0.05, 0.1) is 24.9 Å². The van der Waals surface area contributed by atoms with Gasteiger partial charge in [0.25, 0.3) is 15.9 Å². The number of carbonyl (C=O) groups is 4. The Labute approximate surface area is 343 Å². The number of nitrogens with one attached hydrogen (secondary N) is 3.